The molecule has 24 heavy (non-hydrogen) atoms. The predicted octanol–water partition coefficient (Wildman–Crippen LogP) is 3.56. The Morgan fingerprint density at radius 1 is 1.12 bits per heavy atom. The van der Waals surface area contributed by atoms with Crippen molar-refractivity contribution in [2.75, 3.05) is 13.7 Å². The summed E-state index contributed by atoms with van der Waals surface area (Å²) in [6.07, 6.45) is 2.18. The summed E-state index contributed by atoms with van der Waals surface area (Å²) in [4.78, 5) is 12.1. The highest BCUT2D eigenvalue weighted by atomic mass is 16.5. The topological polar surface area (TPSA) is 61.5 Å². The van der Waals surface area contributed by atoms with Gasteiger partial charge in [0.25, 0.3) is 0 Å². The van der Waals surface area contributed by atoms with Gasteiger partial charge in [-0.2, -0.15) is 0 Å². The van der Waals surface area contributed by atoms with Crippen LogP contribution in [0.2, 0.25) is 0 Å². The second-order valence-electron chi connectivity index (χ2n) is 5.76. The van der Waals surface area contributed by atoms with Crippen molar-refractivity contribution < 1.29 is 14.3 Å². The largest absolute Gasteiger partial charge is 0.488 e. The smallest absolute Gasteiger partial charge is 0.341 e. The average molecular weight is 323 g/mol. The van der Waals surface area contributed by atoms with E-state index in [1.54, 1.807) is 0 Å². The monoisotopic (exact) mass is 323 g/mol. The van der Waals surface area contributed by atoms with Crippen molar-refractivity contribution in [3.8, 4) is 5.75 Å². The zero-order valence-corrected chi connectivity index (χ0v) is 13.7. The molecule has 0 unspecified atom stereocenters. The van der Waals surface area contributed by atoms with Gasteiger partial charge in [-0.3, -0.25) is 0 Å². The van der Waals surface area contributed by atoms with Gasteiger partial charge in [-0.15, -0.1) is 0 Å². The van der Waals surface area contributed by atoms with Crippen LogP contribution in [0.25, 0.3) is 5.57 Å². The lowest BCUT2D eigenvalue weighted by Crippen LogP contribution is -2.08. The van der Waals surface area contributed by atoms with Crippen molar-refractivity contribution >= 4 is 11.5 Å². The maximum atomic E-state index is 12.1. The molecule has 0 heterocycles. The molecule has 4 nitrogen and oxygen atoms in total. The molecule has 2 N–H and O–H groups in total. The van der Waals surface area contributed by atoms with Crippen molar-refractivity contribution in [2.24, 2.45) is 5.73 Å². The van der Waals surface area contributed by atoms with E-state index in [1.807, 2.05) is 48.5 Å². The summed E-state index contributed by atoms with van der Waals surface area (Å²) in [6, 6.07) is 15.4. The summed E-state index contributed by atoms with van der Waals surface area (Å²) in [5.74, 6) is 0.115. The third kappa shape index (κ3) is 3.66. The van der Waals surface area contributed by atoms with E-state index in [4.69, 9.17) is 15.2 Å². The Hall–Kier alpha value is -2.59. The molecule has 0 radical (unpaired) electrons. The zero-order valence-electron chi connectivity index (χ0n) is 13.7. The number of nitrogens with two attached hydrogens (primary N) is 1. The molecule has 1 aliphatic carbocycles. The fourth-order valence-corrected chi connectivity index (χ4v) is 2.68. The van der Waals surface area contributed by atoms with Crippen molar-refractivity contribution in [3.05, 3.63) is 70.8 Å². The number of benzene rings is 2. The second kappa shape index (κ2) is 7.32. The fourth-order valence-electron chi connectivity index (χ4n) is 2.68. The van der Waals surface area contributed by atoms with E-state index in [-0.39, 0.29) is 0 Å². The number of methoxy groups -OCH3 is 1. The minimum absolute atomic E-state index is 0.398. The van der Waals surface area contributed by atoms with Gasteiger partial charge >= 0.3 is 5.97 Å². The normalized spacial score (nSPS) is 12.7. The number of allylic oxidation sites excluding steroid dienone is 1. The van der Waals surface area contributed by atoms with Gasteiger partial charge in [0.15, 0.2) is 0 Å². The summed E-state index contributed by atoms with van der Waals surface area (Å²) in [7, 11) is 1.37. The van der Waals surface area contributed by atoms with Crippen LogP contribution in [0.4, 0.5) is 0 Å². The van der Waals surface area contributed by atoms with E-state index >= 15 is 0 Å². The van der Waals surface area contributed by atoms with E-state index < -0.39 is 5.97 Å². The van der Waals surface area contributed by atoms with Gasteiger partial charge in [0, 0.05) is 6.54 Å². The first-order valence-electron chi connectivity index (χ1n) is 8.03. The van der Waals surface area contributed by atoms with Crippen LogP contribution in [-0.2, 0) is 11.3 Å². The summed E-state index contributed by atoms with van der Waals surface area (Å²) in [6.45, 7) is 0.870. The lowest BCUT2D eigenvalue weighted by molar-refractivity contribution is 0.0595. The maximum absolute atomic E-state index is 12.1. The first-order valence-corrected chi connectivity index (χ1v) is 8.03. The Morgan fingerprint density at radius 2 is 1.88 bits per heavy atom. The molecule has 1 fully saturated rings. The minimum atomic E-state index is -0.405. The zero-order chi connectivity index (χ0) is 16.9. The third-order valence-electron chi connectivity index (χ3n) is 4.10. The lowest BCUT2D eigenvalue weighted by Gasteiger charge is -2.13. The quantitative estimate of drug-likeness (QED) is 0.826. The SMILES string of the molecule is COC(=O)c1cc(C(CN)=C2CC2)ccc1OCc1ccccc1. The minimum Gasteiger partial charge on any atom is -0.488 e. The number of hydrogen-bond donors (Lipinski definition) is 1. The summed E-state index contributed by atoms with van der Waals surface area (Å²) in [5, 5.41) is 0. The first kappa shape index (κ1) is 16.3. The molecule has 0 aromatic heterocycles. The Kier molecular flexibility index (Phi) is 4.96. The fraction of sp³-hybridized carbons (Fsp3) is 0.250. The van der Waals surface area contributed by atoms with Crippen LogP contribution in [0.15, 0.2) is 54.1 Å². The Balaban J connectivity index is 1.88. The Bertz CT molecular complexity index is 760. The molecule has 124 valence electrons. The molecule has 0 amide bonds. The van der Waals surface area contributed by atoms with Gasteiger partial charge in [0.2, 0.25) is 0 Å². The molecule has 1 aliphatic rings. The molecule has 2 aromatic carbocycles. The number of carbonyl (C=O) groups is 1. The van der Waals surface area contributed by atoms with Crippen LogP contribution in [0.5, 0.6) is 5.75 Å². The highest BCUT2D eigenvalue weighted by Gasteiger charge is 2.20. The van der Waals surface area contributed by atoms with E-state index in [2.05, 4.69) is 0 Å². The maximum Gasteiger partial charge on any atom is 0.341 e. The highest BCUT2D eigenvalue weighted by Crippen LogP contribution is 2.37. The van der Waals surface area contributed by atoms with E-state index in [1.165, 1.54) is 12.7 Å². The van der Waals surface area contributed by atoms with Crippen LogP contribution in [0.1, 0.15) is 34.3 Å². The number of esters is 1. The molecule has 0 atom stereocenters. The molecular formula is C20H21NO3. The van der Waals surface area contributed by atoms with E-state index in [9.17, 15) is 4.79 Å². The summed E-state index contributed by atoms with van der Waals surface area (Å²) >= 11 is 0. The predicted molar refractivity (Wildman–Crippen MR) is 93.8 cm³/mol. The Morgan fingerprint density at radius 3 is 2.50 bits per heavy atom. The van der Waals surface area contributed by atoms with Gasteiger partial charge < -0.3 is 15.2 Å². The van der Waals surface area contributed by atoms with Gasteiger partial charge in [0.1, 0.15) is 17.9 Å². The van der Waals surface area contributed by atoms with Crippen LogP contribution in [-0.4, -0.2) is 19.6 Å². The average Bonchev–Trinajstić information content (AvgIpc) is 3.46. The molecule has 0 aliphatic heterocycles. The van der Waals surface area contributed by atoms with Crippen LogP contribution < -0.4 is 10.5 Å². The first-order chi connectivity index (χ1) is 11.7. The number of carbonyl (C=O) groups excluding carboxylic acids is 1. The van der Waals surface area contributed by atoms with Crippen LogP contribution in [0, 0.1) is 0 Å². The third-order valence-corrected chi connectivity index (χ3v) is 4.10. The van der Waals surface area contributed by atoms with Crippen molar-refractivity contribution in [3.63, 3.8) is 0 Å². The number of hydrogen-bond acceptors (Lipinski definition) is 4. The van der Waals surface area contributed by atoms with E-state index in [0.717, 1.165) is 29.5 Å². The standard InChI is InChI=1S/C20H21NO3/c1-23-20(22)17-11-16(18(12-21)15-7-8-15)9-10-19(17)24-13-14-5-3-2-4-6-14/h2-6,9-11H,7-8,12-13,21H2,1H3. The van der Waals surface area contributed by atoms with Gasteiger partial charge in [-0.25, -0.2) is 4.79 Å². The molecular weight excluding hydrogens is 302 g/mol. The molecule has 4 heteroatoms. The highest BCUT2D eigenvalue weighted by molar-refractivity contribution is 5.94. The second-order valence-corrected chi connectivity index (χ2v) is 5.76. The molecule has 1 saturated carbocycles. The summed E-state index contributed by atoms with van der Waals surface area (Å²) in [5.41, 5.74) is 10.8. The van der Waals surface area contributed by atoms with Gasteiger partial charge in [-0.05, 0) is 41.7 Å². The van der Waals surface area contributed by atoms with Gasteiger partial charge in [-0.1, -0.05) is 42.0 Å². The molecule has 3 rings (SSSR count). The number of rotatable bonds is 6. The lowest BCUT2D eigenvalue weighted by atomic mass is 10.0. The molecule has 0 saturated heterocycles. The Labute approximate surface area is 141 Å². The summed E-state index contributed by atoms with van der Waals surface area (Å²) < 4.78 is 10.7. The van der Waals surface area contributed by atoms with Crippen LogP contribution >= 0.6 is 0 Å². The van der Waals surface area contributed by atoms with Crippen molar-refractivity contribution in [1.29, 1.82) is 0 Å². The molecule has 0 bridgehead atoms. The molecule has 0 spiro atoms. The van der Waals surface area contributed by atoms with Gasteiger partial charge in [0.05, 0.1) is 7.11 Å². The van der Waals surface area contributed by atoms with Crippen molar-refractivity contribution in [1.82, 2.24) is 0 Å². The molecule has 2 aromatic rings. The number of ether oxygens (including phenoxy) is 2. The van der Waals surface area contributed by atoms with Crippen LogP contribution in [0.3, 0.4) is 0 Å². The van der Waals surface area contributed by atoms with E-state index in [0.29, 0.717) is 24.5 Å². The van der Waals surface area contributed by atoms with Crippen molar-refractivity contribution in [2.45, 2.75) is 19.4 Å².